The van der Waals surface area contributed by atoms with Crippen molar-refractivity contribution in [2.75, 3.05) is 0 Å². The number of nitrogens with zero attached hydrogens (tertiary/aromatic N) is 2. The Morgan fingerprint density at radius 3 is 2.70 bits per heavy atom. The van der Waals surface area contributed by atoms with Crippen LogP contribution in [-0.2, 0) is 5.88 Å². The molecule has 1 heterocycles. The number of aromatic nitrogens is 2. The SMILES string of the molecule is ClCc1nc2cc(Br)ccc2n1-c1ccc(I)cc1Cl. The Morgan fingerprint density at radius 1 is 1.20 bits per heavy atom. The topological polar surface area (TPSA) is 17.8 Å². The predicted octanol–water partition coefficient (Wildman–Crippen LogP) is 5.78. The van der Waals surface area contributed by atoms with Crippen LogP contribution >= 0.6 is 61.7 Å². The minimum Gasteiger partial charge on any atom is -0.294 e. The average Bonchev–Trinajstić information content (AvgIpc) is 2.76. The van der Waals surface area contributed by atoms with Gasteiger partial charge in [0.15, 0.2) is 0 Å². The molecule has 3 rings (SSSR count). The van der Waals surface area contributed by atoms with E-state index in [1.54, 1.807) is 0 Å². The maximum Gasteiger partial charge on any atom is 0.129 e. The predicted molar refractivity (Wildman–Crippen MR) is 96.1 cm³/mol. The summed E-state index contributed by atoms with van der Waals surface area (Å²) in [5.41, 5.74) is 2.78. The number of fused-ring (bicyclic) bond motifs is 1. The Labute approximate surface area is 148 Å². The van der Waals surface area contributed by atoms with Crippen molar-refractivity contribution >= 4 is 72.8 Å². The van der Waals surface area contributed by atoms with Crippen molar-refractivity contribution in [1.29, 1.82) is 0 Å². The highest BCUT2D eigenvalue weighted by Crippen LogP contribution is 2.30. The molecule has 0 aliphatic rings. The van der Waals surface area contributed by atoms with Crippen LogP contribution in [0.1, 0.15) is 5.82 Å². The Hall–Kier alpha value is -0.300. The molecule has 6 heteroatoms. The van der Waals surface area contributed by atoms with Crippen LogP contribution in [0, 0.1) is 3.57 Å². The second-order valence-electron chi connectivity index (χ2n) is 4.23. The Bertz CT molecular complexity index is 801. The van der Waals surface area contributed by atoms with Gasteiger partial charge in [0.05, 0.1) is 27.6 Å². The Morgan fingerprint density at radius 2 is 2.00 bits per heavy atom. The summed E-state index contributed by atoms with van der Waals surface area (Å²) in [5, 5.41) is 0.686. The summed E-state index contributed by atoms with van der Waals surface area (Å²) in [7, 11) is 0. The van der Waals surface area contributed by atoms with Gasteiger partial charge in [0, 0.05) is 8.04 Å². The van der Waals surface area contributed by atoms with Gasteiger partial charge in [0.2, 0.25) is 0 Å². The second kappa shape index (κ2) is 5.83. The van der Waals surface area contributed by atoms with Crippen molar-refractivity contribution in [2.45, 2.75) is 5.88 Å². The molecule has 0 N–H and O–H groups in total. The first kappa shape index (κ1) is 14.6. The van der Waals surface area contributed by atoms with E-state index in [2.05, 4.69) is 43.5 Å². The lowest BCUT2D eigenvalue weighted by atomic mass is 10.2. The van der Waals surface area contributed by atoms with Crippen molar-refractivity contribution in [3.63, 3.8) is 0 Å². The lowest BCUT2D eigenvalue weighted by molar-refractivity contribution is 0.981. The standard InChI is InChI=1S/C14H8BrCl2IN2/c15-8-1-3-13-11(5-8)19-14(7-16)20(13)12-4-2-9(18)6-10(12)17/h1-6H,7H2. The van der Waals surface area contributed by atoms with Gasteiger partial charge in [-0.2, -0.15) is 0 Å². The van der Waals surface area contributed by atoms with Gasteiger partial charge in [-0.05, 0) is 59.0 Å². The second-order valence-corrected chi connectivity index (χ2v) is 7.06. The maximum absolute atomic E-state index is 6.38. The number of hydrogen-bond donors (Lipinski definition) is 0. The number of imidazole rings is 1. The molecule has 0 unspecified atom stereocenters. The first-order valence-corrected chi connectivity index (χ1v) is 8.57. The van der Waals surface area contributed by atoms with Crippen LogP contribution in [0.4, 0.5) is 0 Å². The number of hydrogen-bond acceptors (Lipinski definition) is 1. The van der Waals surface area contributed by atoms with Crippen LogP contribution in [0.15, 0.2) is 40.9 Å². The molecule has 0 radical (unpaired) electrons. The molecule has 0 amide bonds. The number of rotatable bonds is 2. The molecule has 3 aromatic rings. The largest absolute Gasteiger partial charge is 0.294 e. The third kappa shape index (κ3) is 2.58. The summed E-state index contributed by atoms with van der Waals surface area (Å²) >= 11 is 18.1. The smallest absolute Gasteiger partial charge is 0.129 e. The minimum atomic E-state index is 0.328. The Balaban J connectivity index is 2.34. The summed E-state index contributed by atoms with van der Waals surface area (Å²) in [6.45, 7) is 0. The van der Waals surface area contributed by atoms with Gasteiger partial charge in [-0.3, -0.25) is 4.57 Å². The quantitative estimate of drug-likeness (QED) is 0.335. The maximum atomic E-state index is 6.38. The van der Waals surface area contributed by atoms with Crippen LogP contribution in [0.3, 0.4) is 0 Å². The van der Waals surface area contributed by atoms with E-state index < -0.39 is 0 Å². The molecule has 0 saturated heterocycles. The van der Waals surface area contributed by atoms with Gasteiger partial charge in [-0.15, -0.1) is 11.6 Å². The van der Waals surface area contributed by atoms with Gasteiger partial charge < -0.3 is 0 Å². The van der Waals surface area contributed by atoms with E-state index in [0.29, 0.717) is 10.9 Å². The highest BCUT2D eigenvalue weighted by Gasteiger charge is 2.14. The van der Waals surface area contributed by atoms with Crippen LogP contribution in [0.25, 0.3) is 16.7 Å². The zero-order valence-corrected chi connectivity index (χ0v) is 15.3. The van der Waals surface area contributed by atoms with Crippen molar-refractivity contribution < 1.29 is 0 Å². The summed E-state index contributed by atoms with van der Waals surface area (Å²) in [5.74, 6) is 1.11. The zero-order valence-electron chi connectivity index (χ0n) is 10.1. The third-order valence-electron chi connectivity index (χ3n) is 2.96. The molecule has 0 aliphatic heterocycles. The monoisotopic (exact) mass is 480 g/mol. The van der Waals surface area contributed by atoms with Gasteiger partial charge >= 0.3 is 0 Å². The molecule has 20 heavy (non-hydrogen) atoms. The molecule has 0 fully saturated rings. The highest BCUT2D eigenvalue weighted by molar-refractivity contribution is 14.1. The summed E-state index contributed by atoms with van der Waals surface area (Å²) in [6, 6.07) is 11.9. The molecular formula is C14H8BrCl2IN2. The minimum absolute atomic E-state index is 0.328. The van der Waals surface area contributed by atoms with Crippen molar-refractivity contribution in [3.8, 4) is 5.69 Å². The molecule has 102 valence electrons. The fraction of sp³-hybridized carbons (Fsp3) is 0.0714. The van der Waals surface area contributed by atoms with Crippen molar-refractivity contribution in [1.82, 2.24) is 9.55 Å². The van der Waals surface area contributed by atoms with E-state index in [4.69, 9.17) is 23.2 Å². The fourth-order valence-corrected chi connectivity index (χ4v) is 3.59. The number of benzene rings is 2. The molecule has 2 nitrogen and oxygen atoms in total. The first-order chi connectivity index (χ1) is 9.60. The summed E-state index contributed by atoms with van der Waals surface area (Å²) in [6.07, 6.45) is 0. The molecular weight excluding hydrogens is 474 g/mol. The highest BCUT2D eigenvalue weighted by atomic mass is 127. The fourth-order valence-electron chi connectivity index (χ4n) is 2.12. The Kier molecular flexibility index (Phi) is 4.26. The molecule has 0 spiro atoms. The normalized spacial score (nSPS) is 11.2. The van der Waals surface area contributed by atoms with Crippen LogP contribution in [-0.4, -0.2) is 9.55 Å². The van der Waals surface area contributed by atoms with Crippen LogP contribution in [0.2, 0.25) is 5.02 Å². The number of alkyl halides is 1. The lowest BCUT2D eigenvalue weighted by Crippen LogP contribution is -2.00. The summed E-state index contributed by atoms with van der Waals surface area (Å²) < 4.78 is 4.09. The van der Waals surface area contributed by atoms with E-state index in [1.165, 1.54) is 0 Å². The van der Waals surface area contributed by atoms with E-state index >= 15 is 0 Å². The van der Waals surface area contributed by atoms with Crippen molar-refractivity contribution in [2.24, 2.45) is 0 Å². The van der Waals surface area contributed by atoms with Crippen LogP contribution in [0.5, 0.6) is 0 Å². The van der Waals surface area contributed by atoms with Crippen molar-refractivity contribution in [3.05, 3.63) is 55.3 Å². The first-order valence-electron chi connectivity index (χ1n) is 5.78. The van der Waals surface area contributed by atoms with E-state index in [9.17, 15) is 0 Å². The van der Waals surface area contributed by atoms with E-state index in [0.717, 1.165) is 30.6 Å². The van der Waals surface area contributed by atoms with Gasteiger partial charge in [-0.1, -0.05) is 27.5 Å². The molecule has 0 aliphatic carbocycles. The van der Waals surface area contributed by atoms with Crippen LogP contribution < -0.4 is 0 Å². The van der Waals surface area contributed by atoms with E-state index in [-0.39, 0.29) is 0 Å². The number of halogens is 4. The third-order valence-corrected chi connectivity index (χ3v) is 4.66. The molecule has 0 saturated carbocycles. The summed E-state index contributed by atoms with van der Waals surface area (Å²) in [4.78, 5) is 4.57. The van der Waals surface area contributed by atoms with E-state index in [1.807, 2.05) is 41.0 Å². The zero-order chi connectivity index (χ0) is 14.3. The van der Waals surface area contributed by atoms with Gasteiger partial charge in [-0.25, -0.2) is 4.98 Å². The molecule has 2 aromatic carbocycles. The molecule has 1 aromatic heterocycles. The van der Waals surface area contributed by atoms with Gasteiger partial charge in [0.25, 0.3) is 0 Å². The lowest BCUT2D eigenvalue weighted by Gasteiger charge is -2.10. The van der Waals surface area contributed by atoms with Gasteiger partial charge in [0.1, 0.15) is 5.82 Å². The average molecular weight is 482 g/mol. The molecule has 0 atom stereocenters. The molecule has 0 bridgehead atoms.